The van der Waals surface area contributed by atoms with Crippen molar-refractivity contribution in [3.8, 4) is 0 Å². The zero-order chi connectivity index (χ0) is 11.6. The second kappa shape index (κ2) is 4.43. The molecule has 1 saturated carbocycles. The molecule has 1 aliphatic carbocycles. The number of hydrogen-bond donors (Lipinski definition) is 2. The fourth-order valence-electron chi connectivity index (χ4n) is 2.12. The molecule has 4 nitrogen and oxygen atoms in total. The predicted molar refractivity (Wildman–Crippen MR) is 63.7 cm³/mol. The maximum atomic E-state index is 11.4. The minimum atomic E-state index is -3.64. The van der Waals surface area contributed by atoms with E-state index in [9.17, 15) is 8.42 Å². The van der Waals surface area contributed by atoms with E-state index in [1.54, 1.807) is 12.1 Å². The SMILES string of the molecule is NS(=O)(=O)c1ccccc1NC1CCCC1. The molecule has 0 amide bonds. The first-order chi connectivity index (χ1) is 7.57. The molecule has 0 atom stereocenters. The van der Waals surface area contributed by atoms with Gasteiger partial charge < -0.3 is 5.32 Å². The number of hydrogen-bond acceptors (Lipinski definition) is 3. The van der Waals surface area contributed by atoms with Gasteiger partial charge in [0.25, 0.3) is 0 Å². The van der Waals surface area contributed by atoms with Crippen LogP contribution in [0.2, 0.25) is 0 Å². The van der Waals surface area contributed by atoms with E-state index in [1.165, 1.54) is 18.9 Å². The fourth-order valence-corrected chi connectivity index (χ4v) is 2.83. The first-order valence-corrected chi connectivity index (χ1v) is 7.00. The van der Waals surface area contributed by atoms with Crippen LogP contribution in [0.1, 0.15) is 25.7 Å². The highest BCUT2D eigenvalue weighted by atomic mass is 32.2. The molecule has 0 unspecified atom stereocenters. The van der Waals surface area contributed by atoms with Crippen LogP contribution in [0, 0.1) is 0 Å². The molecular weight excluding hydrogens is 224 g/mol. The van der Waals surface area contributed by atoms with Gasteiger partial charge in [0.05, 0.1) is 5.69 Å². The third-order valence-corrected chi connectivity index (χ3v) is 3.88. The number of nitrogens with one attached hydrogen (secondary N) is 1. The minimum absolute atomic E-state index is 0.182. The summed E-state index contributed by atoms with van der Waals surface area (Å²) < 4.78 is 22.7. The Morgan fingerprint density at radius 3 is 2.44 bits per heavy atom. The van der Waals surface area contributed by atoms with Gasteiger partial charge in [0, 0.05) is 6.04 Å². The summed E-state index contributed by atoms with van der Waals surface area (Å²) in [6.45, 7) is 0. The molecule has 0 aliphatic heterocycles. The predicted octanol–water partition coefficient (Wildman–Crippen LogP) is 1.69. The zero-order valence-corrected chi connectivity index (χ0v) is 9.83. The van der Waals surface area contributed by atoms with Crippen LogP contribution in [0.4, 0.5) is 5.69 Å². The van der Waals surface area contributed by atoms with Crippen LogP contribution in [-0.2, 0) is 10.0 Å². The number of benzene rings is 1. The second-order valence-corrected chi connectivity index (χ2v) is 5.70. The third-order valence-electron chi connectivity index (χ3n) is 2.91. The molecule has 0 radical (unpaired) electrons. The summed E-state index contributed by atoms with van der Waals surface area (Å²) >= 11 is 0. The van der Waals surface area contributed by atoms with Crippen molar-refractivity contribution in [3.05, 3.63) is 24.3 Å². The number of anilines is 1. The zero-order valence-electron chi connectivity index (χ0n) is 9.02. The lowest BCUT2D eigenvalue weighted by Gasteiger charge is -2.15. The molecule has 0 heterocycles. The lowest BCUT2D eigenvalue weighted by atomic mass is 10.2. The van der Waals surface area contributed by atoms with Crippen molar-refractivity contribution in [1.29, 1.82) is 0 Å². The molecule has 5 heteroatoms. The summed E-state index contributed by atoms with van der Waals surface area (Å²) in [6, 6.07) is 7.17. The van der Waals surface area contributed by atoms with E-state index in [1.807, 2.05) is 6.07 Å². The Morgan fingerprint density at radius 2 is 1.81 bits per heavy atom. The maximum absolute atomic E-state index is 11.4. The lowest BCUT2D eigenvalue weighted by molar-refractivity contribution is 0.597. The topological polar surface area (TPSA) is 72.2 Å². The molecule has 0 spiro atoms. The van der Waals surface area contributed by atoms with Crippen molar-refractivity contribution in [1.82, 2.24) is 0 Å². The normalized spacial score (nSPS) is 17.6. The summed E-state index contributed by atoms with van der Waals surface area (Å²) in [7, 11) is -3.64. The Bertz CT molecular complexity index is 465. The Morgan fingerprint density at radius 1 is 1.19 bits per heavy atom. The molecule has 1 fully saturated rings. The van der Waals surface area contributed by atoms with E-state index in [0.717, 1.165) is 12.8 Å². The molecular formula is C11H16N2O2S. The molecule has 1 aliphatic rings. The maximum Gasteiger partial charge on any atom is 0.240 e. The van der Waals surface area contributed by atoms with Crippen molar-refractivity contribution in [2.75, 3.05) is 5.32 Å². The van der Waals surface area contributed by atoms with Crippen LogP contribution >= 0.6 is 0 Å². The summed E-state index contributed by atoms with van der Waals surface area (Å²) in [5, 5.41) is 8.42. The second-order valence-electron chi connectivity index (χ2n) is 4.17. The van der Waals surface area contributed by atoms with E-state index in [2.05, 4.69) is 5.32 Å². The first kappa shape index (κ1) is 11.4. The van der Waals surface area contributed by atoms with Gasteiger partial charge in [-0.3, -0.25) is 0 Å². The van der Waals surface area contributed by atoms with E-state index in [0.29, 0.717) is 11.7 Å². The van der Waals surface area contributed by atoms with Gasteiger partial charge in [-0.05, 0) is 25.0 Å². The van der Waals surface area contributed by atoms with Gasteiger partial charge in [0.15, 0.2) is 0 Å². The quantitative estimate of drug-likeness (QED) is 0.844. The highest BCUT2D eigenvalue weighted by Crippen LogP contribution is 2.25. The summed E-state index contributed by atoms with van der Waals surface area (Å²) in [5.41, 5.74) is 0.622. The van der Waals surface area contributed by atoms with Crippen LogP contribution in [0.3, 0.4) is 0 Å². The van der Waals surface area contributed by atoms with Gasteiger partial charge in [-0.2, -0.15) is 0 Å². The molecule has 1 aromatic rings. The highest BCUT2D eigenvalue weighted by Gasteiger charge is 2.18. The third kappa shape index (κ3) is 2.54. The van der Waals surface area contributed by atoms with Crippen molar-refractivity contribution in [2.24, 2.45) is 5.14 Å². The number of sulfonamides is 1. The van der Waals surface area contributed by atoms with Gasteiger partial charge >= 0.3 is 0 Å². The van der Waals surface area contributed by atoms with Gasteiger partial charge in [-0.15, -0.1) is 0 Å². The van der Waals surface area contributed by atoms with Crippen molar-refractivity contribution in [3.63, 3.8) is 0 Å². The van der Waals surface area contributed by atoms with Crippen LogP contribution in [-0.4, -0.2) is 14.5 Å². The highest BCUT2D eigenvalue weighted by molar-refractivity contribution is 7.89. The molecule has 16 heavy (non-hydrogen) atoms. The lowest BCUT2D eigenvalue weighted by Crippen LogP contribution is -2.19. The Balaban J connectivity index is 2.26. The minimum Gasteiger partial charge on any atom is -0.381 e. The molecule has 2 rings (SSSR count). The van der Waals surface area contributed by atoms with Crippen molar-refractivity contribution >= 4 is 15.7 Å². The molecule has 1 aromatic carbocycles. The number of primary sulfonamides is 1. The van der Waals surface area contributed by atoms with Crippen LogP contribution in [0.5, 0.6) is 0 Å². The number of nitrogens with two attached hydrogens (primary N) is 1. The smallest absolute Gasteiger partial charge is 0.240 e. The van der Waals surface area contributed by atoms with E-state index >= 15 is 0 Å². The summed E-state index contributed by atoms with van der Waals surface area (Å²) in [4.78, 5) is 0.182. The molecule has 0 bridgehead atoms. The Hall–Kier alpha value is -1.07. The van der Waals surface area contributed by atoms with Gasteiger partial charge in [0.1, 0.15) is 4.90 Å². The Kier molecular flexibility index (Phi) is 3.16. The van der Waals surface area contributed by atoms with Crippen LogP contribution in [0.25, 0.3) is 0 Å². The van der Waals surface area contributed by atoms with Gasteiger partial charge in [-0.25, -0.2) is 13.6 Å². The largest absolute Gasteiger partial charge is 0.381 e. The number of rotatable bonds is 3. The van der Waals surface area contributed by atoms with Gasteiger partial charge in [-0.1, -0.05) is 25.0 Å². The average Bonchev–Trinajstić information content (AvgIpc) is 2.70. The monoisotopic (exact) mass is 240 g/mol. The van der Waals surface area contributed by atoms with Crippen LogP contribution in [0.15, 0.2) is 29.2 Å². The summed E-state index contributed by atoms with van der Waals surface area (Å²) in [5.74, 6) is 0. The molecule has 0 aromatic heterocycles. The van der Waals surface area contributed by atoms with E-state index in [-0.39, 0.29) is 4.90 Å². The van der Waals surface area contributed by atoms with Gasteiger partial charge in [0.2, 0.25) is 10.0 Å². The van der Waals surface area contributed by atoms with E-state index < -0.39 is 10.0 Å². The average molecular weight is 240 g/mol. The summed E-state index contributed by atoms with van der Waals surface area (Å²) in [6.07, 6.45) is 4.60. The van der Waals surface area contributed by atoms with Crippen molar-refractivity contribution < 1.29 is 8.42 Å². The number of para-hydroxylation sites is 1. The standard InChI is InChI=1S/C11H16N2O2S/c12-16(14,15)11-8-4-3-7-10(11)13-9-5-1-2-6-9/h3-4,7-9,13H,1-2,5-6H2,(H2,12,14,15). The first-order valence-electron chi connectivity index (χ1n) is 5.46. The molecule has 3 N–H and O–H groups in total. The molecule has 88 valence electrons. The van der Waals surface area contributed by atoms with Crippen LogP contribution < -0.4 is 10.5 Å². The molecule has 0 saturated heterocycles. The van der Waals surface area contributed by atoms with E-state index in [4.69, 9.17) is 5.14 Å². The Labute approximate surface area is 95.9 Å². The fraction of sp³-hybridized carbons (Fsp3) is 0.455. The van der Waals surface area contributed by atoms with Crippen molar-refractivity contribution in [2.45, 2.75) is 36.6 Å².